The molecule has 0 aliphatic carbocycles. The first-order valence-electron chi connectivity index (χ1n) is 8.21. The fourth-order valence-corrected chi connectivity index (χ4v) is 2.71. The highest BCUT2D eigenvalue weighted by molar-refractivity contribution is 6.83. The van der Waals surface area contributed by atoms with Crippen LogP contribution in [0, 0.1) is 35.5 Å². The molecule has 0 N–H and O–H groups in total. The van der Waals surface area contributed by atoms with E-state index in [0.29, 0.717) is 30.3 Å². The van der Waals surface area contributed by atoms with E-state index in [9.17, 15) is 4.39 Å². The monoisotopic (exact) mass is 371 g/mol. The van der Waals surface area contributed by atoms with E-state index < -0.39 is 13.9 Å². The largest absolute Gasteiger partial charge is 0.473 e. The van der Waals surface area contributed by atoms with Crippen molar-refractivity contribution in [2.24, 2.45) is 0 Å². The number of nitrogens with zero attached hydrogens (tertiary/aromatic N) is 3. The highest BCUT2D eigenvalue weighted by atomic mass is 28.3. The predicted octanol–water partition coefficient (Wildman–Crippen LogP) is 3.45. The number of ether oxygens (including phenoxy) is 2. The molecule has 26 heavy (non-hydrogen) atoms. The van der Waals surface area contributed by atoms with Crippen LogP contribution in [0.4, 0.5) is 4.39 Å². The predicted molar refractivity (Wildman–Crippen MR) is 101 cm³/mol. The van der Waals surface area contributed by atoms with Gasteiger partial charge < -0.3 is 9.47 Å². The average Bonchev–Trinajstić information content (AvgIpc) is 2.88. The van der Waals surface area contributed by atoms with Gasteiger partial charge in [0.1, 0.15) is 26.1 Å². The summed E-state index contributed by atoms with van der Waals surface area (Å²) >= 11 is 0. The van der Waals surface area contributed by atoms with Crippen LogP contribution >= 0.6 is 0 Å². The minimum absolute atomic E-state index is 0.228. The van der Waals surface area contributed by atoms with Gasteiger partial charge in [0.05, 0.1) is 29.6 Å². The minimum atomic E-state index is -1.60. The molecular weight excluding hydrogens is 349 g/mol. The Balaban J connectivity index is 2.55. The van der Waals surface area contributed by atoms with Gasteiger partial charge in [0.25, 0.3) is 0 Å². The fraction of sp³-hybridized carbons (Fsp3) is 0.368. The van der Waals surface area contributed by atoms with Crippen LogP contribution in [-0.2, 0) is 4.74 Å². The molecule has 7 heteroatoms. The van der Waals surface area contributed by atoms with Crippen LogP contribution in [0.1, 0.15) is 16.8 Å². The summed E-state index contributed by atoms with van der Waals surface area (Å²) in [6, 6.07) is 6.05. The topological polar surface area (TPSA) is 60.1 Å². The second-order valence-electron chi connectivity index (χ2n) is 6.83. The first-order valence-corrected chi connectivity index (χ1v) is 11.7. The van der Waals surface area contributed by atoms with Crippen molar-refractivity contribution in [1.29, 1.82) is 5.26 Å². The van der Waals surface area contributed by atoms with Crippen LogP contribution < -0.4 is 4.74 Å². The van der Waals surface area contributed by atoms with Crippen molar-refractivity contribution >= 4 is 8.07 Å². The van der Waals surface area contributed by atoms with Gasteiger partial charge in [-0.1, -0.05) is 25.6 Å². The SMILES string of the molecule is COCCOc1nn(-c2cc(F)cc(C#N)c2)c(C)c1C#C[Si](C)(C)C. The molecular formula is C19H22FN3O2Si. The fourth-order valence-electron chi connectivity index (χ4n) is 2.21. The molecule has 5 nitrogen and oxygen atoms in total. The zero-order valence-corrected chi connectivity index (χ0v) is 16.7. The van der Waals surface area contributed by atoms with Gasteiger partial charge in [-0.05, 0) is 25.1 Å². The number of aromatic nitrogens is 2. The molecule has 0 amide bonds. The van der Waals surface area contributed by atoms with E-state index in [-0.39, 0.29) is 5.56 Å². The van der Waals surface area contributed by atoms with Gasteiger partial charge in [0.15, 0.2) is 0 Å². The molecule has 0 atom stereocenters. The van der Waals surface area contributed by atoms with E-state index in [1.807, 2.05) is 13.0 Å². The lowest BCUT2D eigenvalue weighted by Crippen LogP contribution is -2.16. The number of methoxy groups -OCH3 is 1. The van der Waals surface area contributed by atoms with Gasteiger partial charge in [-0.2, -0.15) is 5.26 Å². The van der Waals surface area contributed by atoms with E-state index in [2.05, 4.69) is 36.2 Å². The maximum atomic E-state index is 13.8. The van der Waals surface area contributed by atoms with Crippen molar-refractivity contribution in [1.82, 2.24) is 9.78 Å². The van der Waals surface area contributed by atoms with Gasteiger partial charge in [-0.25, -0.2) is 9.07 Å². The van der Waals surface area contributed by atoms with Gasteiger partial charge in [-0.15, -0.1) is 10.6 Å². The molecule has 2 rings (SSSR count). The maximum absolute atomic E-state index is 13.8. The van der Waals surface area contributed by atoms with Crippen LogP contribution in [0.5, 0.6) is 5.88 Å². The quantitative estimate of drug-likeness (QED) is 0.459. The van der Waals surface area contributed by atoms with Crippen molar-refractivity contribution in [3.8, 4) is 29.1 Å². The molecule has 136 valence electrons. The lowest BCUT2D eigenvalue weighted by atomic mass is 10.2. The van der Waals surface area contributed by atoms with Gasteiger partial charge in [0.2, 0.25) is 5.88 Å². The van der Waals surface area contributed by atoms with Crippen LogP contribution in [-0.4, -0.2) is 38.2 Å². The Hall–Kier alpha value is -2.61. The van der Waals surface area contributed by atoms with Crippen molar-refractivity contribution in [3.63, 3.8) is 0 Å². The number of halogens is 1. The molecule has 0 saturated carbocycles. The third-order valence-corrected chi connectivity index (χ3v) is 4.30. The van der Waals surface area contributed by atoms with Crippen molar-refractivity contribution in [2.75, 3.05) is 20.3 Å². The molecule has 2 aromatic rings. The summed E-state index contributed by atoms with van der Waals surface area (Å²) in [5.74, 6) is 3.07. The zero-order chi connectivity index (χ0) is 19.3. The third-order valence-electron chi connectivity index (χ3n) is 3.43. The Kier molecular flexibility index (Phi) is 6.20. The number of hydrogen-bond donors (Lipinski definition) is 0. The Morgan fingerprint density at radius 1 is 1.23 bits per heavy atom. The maximum Gasteiger partial charge on any atom is 0.249 e. The van der Waals surface area contributed by atoms with E-state index in [4.69, 9.17) is 14.7 Å². The molecule has 0 aliphatic heterocycles. The molecule has 1 heterocycles. The summed E-state index contributed by atoms with van der Waals surface area (Å²) < 4.78 is 26.1. The molecule has 0 bridgehead atoms. The summed E-state index contributed by atoms with van der Waals surface area (Å²) in [5.41, 5.74) is 5.40. The van der Waals surface area contributed by atoms with E-state index in [1.165, 1.54) is 12.1 Å². The number of rotatable bonds is 5. The van der Waals surface area contributed by atoms with Crippen LogP contribution in [0.25, 0.3) is 5.69 Å². The van der Waals surface area contributed by atoms with Crippen molar-refractivity contribution in [2.45, 2.75) is 26.6 Å². The van der Waals surface area contributed by atoms with Crippen molar-refractivity contribution < 1.29 is 13.9 Å². The molecule has 0 radical (unpaired) electrons. The number of hydrogen-bond acceptors (Lipinski definition) is 4. The Morgan fingerprint density at radius 3 is 2.58 bits per heavy atom. The van der Waals surface area contributed by atoms with E-state index in [1.54, 1.807) is 17.9 Å². The second kappa shape index (κ2) is 8.18. The lowest BCUT2D eigenvalue weighted by Gasteiger charge is -2.05. The molecule has 0 fully saturated rings. The highest BCUT2D eigenvalue weighted by Crippen LogP contribution is 2.24. The first kappa shape index (κ1) is 19.7. The summed E-state index contributed by atoms with van der Waals surface area (Å²) in [4.78, 5) is 0. The summed E-state index contributed by atoms with van der Waals surface area (Å²) in [6.45, 7) is 9.05. The average molecular weight is 371 g/mol. The summed E-state index contributed by atoms with van der Waals surface area (Å²) in [7, 11) is -0.00660. The zero-order valence-electron chi connectivity index (χ0n) is 15.7. The smallest absolute Gasteiger partial charge is 0.249 e. The number of nitriles is 1. The Labute approximate surface area is 154 Å². The molecule has 0 unspecified atom stereocenters. The Morgan fingerprint density at radius 2 is 1.96 bits per heavy atom. The van der Waals surface area contributed by atoms with Crippen molar-refractivity contribution in [3.05, 3.63) is 40.8 Å². The summed E-state index contributed by atoms with van der Waals surface area (Å²) in [6.07, 6.45) is 0. The van der Waals surface area contributed by atoms with Crippen LogP contribution in [0.15, 0.2) is 18.2 Å². The molecule has 0 saturated heterocycles. The number of benzene rings is 1. The Bertz CT molecular complexity index is 898. The van der Waals surface area contributed by atoms with Gasteiger partial charge in [-0.3, -0.25) is 0 Å². The van der Waals surface area contributed by atoms with Crippen LogP contribution in [0.2, 0.25) is 19.6 Å². The van der Waals surface area contributed by atoms with Crippen LogP contribution in [0.3, 0.4) is 0 Å². The molecule has 1 aromatic heterocycles. The first-order chi connectivity index (χ1) is 12.2. The third kappa shape index (κ3) is 4.95. The highest BCUT2D eigenvalue weighted by Gasteiger charge is 2.18. The molecule has 1 aromatic carbocycles. The standard InChI is InChI=1S/C19H22FN3O2Si/c1-14-18(6-9-26(3,4)5)19(25-8-7-24-2)22-23(14)17-11-15(13-21)10-16(20)12-17/h10-12H,7-8H2,1-5H3. The van der Waals surface area contributed by atoms with E-state index >= 15 is 0 Å². The minimum Gasteiger partial charge on any atom is -0.473 e. The normalized spacial score (nSPS) is 10.8. The summed E-state index contributed by atoms with van der Waals surface area (Å²) in [5, 5.41) is 13.5. The molecule has 0 aliphatic rings. The van der Waals surface area contributed by atoms with Gasteiger partial charge in [0, 0.05) is 7.11 Å². The second-order valence-corrected chi connectivity index (χ2v) is 11.6. The van der Waals surface area contributed by atoms with Gasteiger partial charge >= 0.3 is 0 Å². The van der Waals surface area contributed by atoms with E-state index in [0.717, 1.165) is 5.69 Å². The molecule has 0 spiro atoms. The lowest BCUT2D eigenvalue weighted by molar-refractivity contribution is 0.143.